The van der Waals surface area contributed by atoms with Gasteiger partial charge in [-0.3, -0.25) is 4.79 Å². The minimum absolute atomic E-state index is 0.00660. The zero-order chi connectivity index (χ0) is 24.6. The first-order valence-corrected chi connectivity index (χ1v) is 10.8. The number of hydrogen-bond acceptors (Lipinski definition) is 4. The van der Waals surface area contributed by atoms with Crippen LogP contribution in [0.2, 0.25) is 0 Å². The van der Waals surface area contributed by atoms with Gasteiger partial charge >= 0.3 is 18.2 Å². The Kier molecular flexibility index (Phi) is 9.09. The fourth-order valence-electron chi connectivity index (χ4n) is 4.07. The SMILES string of the molecule is CN(C)CCN1C(=O)CCC12CCN(C(=O)NCc1ccccc1)CC2.O=C(O)C(F)(F)F. The normalized spacial score (nSPS) is 17.7. The van der Waals surface area contributed by atoms with E-state index in [1.54, 1.807) is 0 Å². The number of amides is 3. The number of carbonyl (C=O) groups excluding carboxylic acids is 2. The Bertz CT molecular complexity index is 810. The molecule has 2 aliphatic heterocycles. The molecule has 1 spiro atoms. The third-order valence-electron chi connectivity index (χ3n) is 5.96. The summed E-state index contributed by atoms with van der Waals surface area (Å²) in [5, 5.41) is 10.1. The van der Waals surface area contributed by atoms with Crippen molar-refractivity contribution in [2.24, 2.45) is 0 Å². The van der Waals surface area contributed by atoms with Crippen molar-refractivity contribution in [1.29, 1.82) is 0 Å². The van der Waals surface area contributed by atoms with E-state index in [4.69, 9.17) is 9.90 Å². The second-order valence-corrected chi connectivity index (χ2v) is 8.51. The molecule has 3 rings (SSSR count). The lowest BCUT2D eigenvalue weighted by atomic mass is 9.85. The predicted molar refractivity (Wildman–Crippen MR) is 115 cm³/mol. The molecule has 0 unspecified atom stereocenters. The van der Waals surface area contributed by atoms with Crippen LogP contribution < -0.4 is 5.32 Å². The first kappa shape index (κ1) is 26.4. The fraction of sp³-hybridized carbons (Fsp3) is 0.591. The maximum absolute atomic E-state index is 12.5. The highest BCUT2D eigenvalue weighted by Gasteiger charge is 2.47. The van der Waals surface area contributed by atoms with Crippen LogP contribution in [-0.4, -0.2) is 89.7 Å². The Morgan fingerprint density at radius 3 is 2.21 bits per heavy atom. The molecule has 0 aliphatic carbocycles. The van der Waals surface area contributed by atoms with E-state index in [9.17, 15) is 22.8 Å². The average molecular weight is 473 g/mol. The van der Waals surface area contributed by atoms with Crippen molar-refractivity contribution in [2.45, 2.75) is 43.9 Å². The minimum Gasteiger partial charge on any atom is -0.475 e. The van der Waals surface area contributed by atoms with Crippen molar-refractivity contribution in [2.75, 3.05) is 40.3 Å². The highest BCUT2D eigenvalue weighted by molar-refractivity contribution is 5.80. The lowest BCUT2D eigenvalue weighted by Crippen LogP contribution is -2.56. The highest BCUT2D eigenvalue weighted by atomic mass is 19.4. The van der Waals surface area contributed by atoms with Crippen LogP contribution >= 0.6 is 0 Å². The summed E-state index contributed by atoms with van der Waals surface area (Å²) in [6.07, 6.45) is -1.75. The van der Waals surface area contributed by atoms with Gasteiger partial charge in [0.05, 0.1) is 0 Å². The number of hydrogen-bond donors (Lipinski definition) is 2. The zero-order valence-corrected chi connectivity index (χ0v) is 18.9. The van der Waals surface area contributed by atoms with E-state index in [-0.39, 0.29) is 17.5 Å². The Labute approximate surface area is 191 Å². The van der Waals surface area contributed by atoms with Crippen molar-refractivity contribution < 1.29 is 32.7 Å². The zero-order valence-electron chi connectivity index (χ0n) is 18.9. The third-order valence-corrected chi connectivity index (χ3v) is 5.96. The van der Waals surface area contributed by atoms with E-state index in [1.807, 2.05) is 49.3 Å². The van der Waals surface area contributed by atoms with Gasteiger partial charge in [-0.15, -0.1) is 0 Å². The van der Waals surface area contributed by atoms with Crippen LogP contribution in [0.25, 0.3) is 0 Å². The summed E-state index contributed by atoms with van der Waals surface area (Å²) < 4.78 is 31.7. The molecule has 2 fully saturated rings. The quantitative estimate of drug-likeness (QED) is 0.687. The lowest BCUT2D eigenvalue weighted by Gasteiger charge is -2.45. The molecule has 3 amide bonds. The molecule has 0 aromatic heterocycles. The molecule has 8 nitrogen and oxygen atoms in total. The van der Waals surface area contributed by atoms with Crippen molar-refractivity contribution >= 4 is 17.9 Å². The number of nitrogens with one attached hydrogen (secondary N) is 1. The van der Waals surface area contributed by atoms with Crippen molar-refractivity contribution in [3.05, 3.63) is 35.9 Å². The van der Waals surface area contributed by atoms with E-state index < -0.39 is 12.1 Å². The minimum atomic E-state index is -5.08. The van der Waals surface area contributed by atoms with Crippen molar-refractivity contribution in [1.82, 2.24) is 20.0 Å². The molecule has 0 atom stereocenters. The maximum atomic E-state index is 12.5. The monoisotopic (exact) mass is 472 g/mol. The number of likely N-dealkylation sites (N-methyl/N-ethyl adjacent to an activating group) is 1. The van der Waals surface area contributed by atoms with Crippen molar-refractivity contribution in [3.63, 3.8) is 0 Å². The van der Waals surface area contributed by atoms with Crippen LogP contribution in [0.3, 0.4) is 0 Å². The first-order chi connectivity index (χ1) is 15.4. The van der Waals surface area contributed by atoms with Crippen LogP contribution in [0.1, 0.15) is 31.2 Å². The summed E-state index contributed by atoms with van der Waals surface area (Å²) in [6.45, 7) is 3.65. The molecular formula is C22H31F3N4O4. The number of benzene rings is 1. The van der Waals surface area contributed by atoms with Gasteiger partial charge in [-0.05, 0) is 38.9 Å². The van der Waals surface area contributed by atoms with Gasteiger partial charge in [0.2, 0.25) is 5.91 Å². The van der Waals surface area contributed by atoms with Crippen molar-refractivity contribution in [3.8, 4) is 0 Å². The van der Waals surface area contributed by atoms with Crippen LogP contribution in [0.4, 0.5) is 18.0 Å². The Morgan fingerprint density at radius 1 is 1.12 bits per heavy atom. The van der Waals surface area contributed by atoms with Gasteiger partial charge in [0, 0.05) is 44.7 Å². The standard InChI is InChI=1S/C20H30N4O2.C2HF3O2/c1-22(2)14-15-24-18(25)8-9-20(24)10-12-23(13-11-20)19(26)21-16-17-6-4-3-5-7-17;3-2(4,5)1(6)7/h3-7H,8-16H2,1-2H3,(H,21,26);(H,6,7). The topological polar surface area (TPSA) is 93.2 Å². The number of carboxylic acids is 1. The average Bonchev–Trinajstić information content (AvgIpc) is 3.06. The fourth-order valence-corrected chi connectivity index (χ4v) is 4.07. The van der Waals surface area contributed by atoms with Gasteiger partial charge in [0.25, 0.3) is 0 Å². The number of piperidine rings is 1. The molecule has 0 saturated carbocycles. The molecule has 2 aliphatic rings. The number of nitrogens with zero attached hydrogens (tertiary/aromatic N) is 3. The summed E-state index contributed by atoms with van der Waals surface area (Å²) in [7, 11) is 4.07. The number of alkyl halides is 3. The molecule has 184 valence electrons. The summed E-state index contributed by atoms with van der Waals surface area (Å²) in [4.78, 5) is 39.8. The van der Waals surface area contributed by atoms with Gasteiger partial charge in [0.1, 0.15) is 0 Å². The molecule has 1 aromatic rings. The summed E-state index contributed by atoms with van der Waals surface area (Å²) >= 11 is 0. The number of carboxylic acid groups (broad SMARTS) is 1. The van der Waals surface area contributed by atoms with E-state index in [0.29, 0.717) is 26.1 Å². The summed E-state index contributed by atoms with van der Waals surface area (Å²) in [6, 6.07) is 9.95. The molecule has 11 heteroatoms. The van der Waals surface area contributed by atoms with E-state index in [1.165, 1.54) is 0 Å². The Balaban J connectivity index is 0.000000479. The molecule has 2 N–H and O–H groups in total. The van der Waals surface area contributed by atoms with E-state index >= 15 is 0 Å². The molecule has 2 saturated heterocycles. The second-order valence-electron chi connectivity index (χ2n) is 8.51. The van der Waals surface area contributed by atoms with Gasteiger partial charge in [-0.2, -0.15) is 13.2 Å². The summed E-state index contributed by atoms with van der Waals surface area (Å²) in [5.41, 5.74) is 1.06. The van der Waals surface area contributed by atoms with Gasteiger partial charge in [0.15, 0.2) is 0 Å². The molecule has 2 heterocycles. The maximum Gasteiger partial charge on any atom is 0.490 e. The van der Waals surface area contributed by atoms with E-state index in [2.05, 4.69) is 15.1 Å². The number of halogens is 3. The number of aliphatic carboxylic acids is 1. The molecular weight excluding hydrogens is 441 g/mol. The van der Waals surface area contributed by atoms with Crippen LogP contribution in [0.5, 0.6) is 0 Å². The number of carbonyl (C=O) groups is 3. The number of likely N-dealkylation sites (tertiary alicyclic amines) is 2. The van der Waals surface area contributed by atoms with Crippen LogP contribution in [0.15, 0.2) is 30.3 Å². The van der Waals surface area contributed by atoms with Gasteiger partial charge in [-0.25, -0.2) is 9.59 Å². The lowest BCUT2D eigenvalue weighted by molar-refractivity contribution is -0.192. The first-order valence-electron chi connectivity index (χ1n) is 10.8. The Morgan fingerprint density at radius 2 is 1.70 bits per heavy atom. The summed E-state index contributed by atoms with van der Waals surface area (Å²) in [5.74, 6) is -2.48. The van der Waals surface area contributed by atoms with Crippen LogP contribution in [-0.2, 0) is 16.1 Å². The molecule has 33 heavy (non-hydrogen) atoms. The van der Waals surface area contributed by atoms with E-state index in [0.717, 1.165) is 37.9 Å². The van der Waals surface area contributed by atoms with Crippen LogP contribution in [0, 0.1) is 0 Å². The predicted octanol–water partition coefficient (Wildman–Crippen LogP) is 2.55. The van der Waals surface area contributed by atoms with Gasteiger partial charge in [-0.1, -0.05) is 30.3 Å². The largest absolute Gasteiger partial charge is 0.490 e. The smallest absolute Gasteiger partial charge is 0.475 e. The third kappa shape index (κ3) is 7.62. The van der Waals surface area contributed by atoms with Gasteiger partial charge < -0.3 is 25.1 Å². The molecule has 0 radical (unpaired) electrons. The second kappa shape index (κ2) is 11.4. The molecule has 0 bridgehead atoms. The Hall–Kier alpha value is -2.82. The number of rotatable bonds is 5. The highest BCUT2D eigenvalue weighted by Crippen LogP contribution is 2.38. The molecule has 1 aromatic carbocycles. The number of urea groups is 1.